The number of benzene rings is 2. The molecule has 1 amide bonds. The zero-order valence-electron chi connectivity index (χ0n) is 17.9. The molecule has 156 valence electrons. The van der Waals surface area contributed by atoms with E-state index in [1.165, 1.54) is 11.9 Å². The lowest BCUT2D eigenvalue weighted by molar-refractivity contribution is -0.120. The standard InChI is InChI=1S/C24H28N4O2/c1-16(2)13-23(29)27-20(18-11-9-17(3)10-12-18)14-21(28-24(27)25-15-26-28)19-7-5-6-8-22(19)30-4/h5-12,15-16,20-21H,13-14H2,1-4H3/t20-,21-/m1/s1. The first-order chi connectivity index (χ1) is 14.5. The number of carbonyl (C=O) groups excluding carboxylic acids is 1. The van der Waals surface area contributed by atoms with Gasteiger partial charge in [0.15, 0.2) is 0 Å². The van der Waals surface area contributed by atoms with Crippen LogP contribution in [-0.2, 0) is 4.79 Å². The van der Waals surface area contributed by atoms with E-state index < -0.39 is 0 Å². The van der Waals surface area contributed by atoms with Crippen molar-refractivity contribution in [3.63, 3.8) is 0 Å². The minimum absolute atomic E-state index is 0.0725. The largest absolute Gasteiger partial charge is 0.496 e. The van der Waals surface area contributed by atoms with Crippen LogP contribution in [0.25, 0.3) is 0 Å². The van der Waals surface area contributed by atoms with Gasteiger partial charge in [0, 0.05) is 12.0 Å². The SMILES string of the molecule is COc1ccccc1[C@H]1C[C@H](c2ccc(C)cc2)N(C(=O)CC(C)C)c2ncnn21. The Morgan fingerprint density at radius 1 is 1.13 bits per heavy atom. The number of rotatable bonds is 5. The molecule has 0 saturated carbocycles. The van der Waals surface area contributed by atoms with Gasteiger partial charge in [0.1, 0.15) is 12.1 Å². The van der Waals surface area contributed by atoms with Crippen molar-refractivity contribution in [3.8, 4) is 5.75 Å². The number of nitrogens with zero attached hydrogens (tertiary/aromatic N) is 4. The Labute approximate surface area is 177 Å². The molecule has 0 spiro atoms. The number of aromatic nitrogens is 3. The van der Waals surface area contributed by atoms with Gasteiger partial charge in [-0.1, -0.05) is 61.9 Å². The maximum Gasteiger partial charge on any atom is 0.231 e. The molecule has 0 bridgehead atoms. The highest BCUT2D eigenvalue weighted by atomic mass is 16.5. The van der Waals surface area contributed by atoms with E-state index in [0.29, 0.717) is 18.8 Å². The Hall–Kier alpha value is -3.15. The molecule has 0 aliphatic carbocycles. The van der Waals surface area contributed by atoms with Crippen molar-refractivity contribution in [2.45, 2.75) is 45.7 Å². The van der Waals surface area contributed by atoms with E-state index in [0.717, 1.165) is 16.9 Å². The Morgan fingerprint density at radius 2 is 1.87 bits per heavy atom. The average molecular weight is 405 g/mol. The number of fused-ring (bicyclic) bond motifs is 1. The van der Waals surface area contributed by atoms with Gasteiger partial charge >= 0.3 is 0 Å². The summed E-state index contributed by atoms with van der Waals surface area (Å²) in [6.45, 7) is 6.19. The van der Waals surface area contributed by atoms with Gasteiger partial charge in [0.25, 0.3) is 0 Å². The fourth-order valence-electron chi connectivity index (χ4n) is 4.20. The van der Waals surface area contributed by atoms with Gasteiger partial charge in [-0.2, -0.15) is 10.1 Å². The zero-order valence-corrected chi connectivity index (χ0v) is 17.9. The van der Waals surface area contributed by atoms with Crippen LogP contribution in [0.3, 0.4) is 0 Å². The van der Waals surface area contributed by atoms with Crippen LogP contribution in [0.2, 0.25) is 0 Å². The van der Waals surface area contributed by atoms with Crippen molar-refractivity contribution in [2.75, 3.05) is 12.0 Å². The van der Waals surface area contributed by atoms with Crippen LogP contribution in [0.4, 0.5) is 5.95 Å². The van der Waals surface area contributed by atoms with Gasteiger partial charge in [-0.05, 0) is 30.9 Å². The van der Waals surface area contributed by atoms with E-state index >= 15 is 0 Å². The Balaban J connectivity index is 1.84. The summed E-state index contributed by atoms with van der Waals surface area (Å²) in [6, 6.07) is 16.2. The van der Waals surface area contributed by atoms with Crippen LogP contribution >= 0.6 is 0 Å². The smallest absolute Gasteiger partial charge is 0.231 e. The van der Waals surface area contributed by atoms with Crippen molar-refractivity contribution in [3.05, 3.63) is 71.5 Å². The number of hydrogen-bond acceptors (Lipinski definition) is 4. The summed E-state index contributed by atoms with van der Waals surface area (Å²) in [6.07, 6.45) is 2.70. The van der Waals surface area contributed by atoms with Gasteiger partial charge in [0.05, 0.1) is 19.2 Å². The predicted molar refractivity (Wildman–Crippen MR) is 117 cm³/mol. The number of hydrogen-bond donors (Lipinski definition) is 0. The maximum absolute atomic E-state index is 13.3. The molecule has 4 rings (SSSR count). The van der Waals surface area contributed by atoms with Gasteiger partial charge in [0.2, 0.25) is 11.9 Å². The Kier molecular flexibility index (Phi) is 5.57. The molecule has 6 heteroatoms. The van der Waals surface area contributed by atoms with Crippen molar-refractivity contribution in [1.29, 1.82) is 0 Å². The molecular formula is C24H28N4O2. The third kappa shape index (κ3) is 3.70. The zero-order chi connectivity index (χ0) is 21.3. The second kappa shape index (κ2) is 8.30. The van der Waals surface area contributed by atoms with E-state index in [1.54, 1.807) is 7.11 Å². The summed E-state index contributed by atoms with van der Waals surface area (Å²) in [5, 5.41) is 4.50. The molecule has 2 atom stereocenters. The lowest BCUT2D eigenvalue weighted by Crippen LogP contribution is -2.43. The Bertz CT molecular complexity index is 1030. The predicted octanol–water partition coefficient (Wildman–Crippen LogP) is 4.71. The van der Waals surface area contributed by atoms with E-state index in [4.69, 9.17) is 4.74 Å². The molecule has 1 aromatic heterocycles. The molecule has 0 unspecified atom stereocenters. The monoisotopic (exact) mass is 404 g/mol. The van der Waals surface area contributed by atoms with Crippen molar-refractivity contribution < 1.29 is 9.53 Å². The summed E-state index contributed by atoms with van der Waals surface area (Å²) >= 11 is 0. The molecule has 0 radical (unpaired) electrons. The van der Waals surface area contributed by atoms with Gasteiger partial charge in [-0.3, -0.25) is 9.69 Å². The highest BCUT2D eigenvalue weighted by molar-refractivity contribution is 5.93. The summed E-state index contributed by atoms with van der Waals surface area (Å²) < 4.78 is 7.49. The van der Waals surface area contributed by atoms with Crippen molar-refractivity contribution >= 4 is 11.9 Å². The molecule has 6 nitrogen and oxygen atoms in total. The maximum atomic E-state index is 13.3. The second-order valence-electron chi connectivity index (χ2n) is 8.29. The summed E-state index contributed by atoms with van der Waals surface area (Å²) in [5.41, 5.74) is 3.34. The third-order valence-electron chi connectivity index (χ3n) is 5.63. The molecule has 0 saturated heterocycles. The third-order valence-corrected chi connectivity index (χ3v) is 5.63. The molecular weight excluding hydrogens is 376 g/mol. The molecule has 0 fully saturated rings. The molecule has 0 N–H and O–H groups in total. The van der Waals surface area contributed by atoms with Crippen LogP contribution in [0.1, 0.15) is 55.5 Å². The minimum atomic E-state index is -0.122. The fraction of sp³-hybridized carbons (Fsp3) is 0.375. The van der Waals surface area contributed by atoms with Crippen molar-refractivity contribution in [1.82, 2.24) is 14.8 Å². The minimum Gasteiger partial charge on any atom is -0.496 e. The van der Waals surface area contributed by atoms with Crippen LogP contribution in [-0.4, -0.2) is 27.8 Å². The fourth-order valence-corrected chi connectivity index (χ4v) is 4.20. The Morgan fingerprint density at radius 3 is 2.57 bits per heavy atom. The first-order valence-electron chi connectivity index (χ1n) is 10.4. The lowest BCUT2D eigenvalue weighted by atomic mass is 9.90. The highest BCUT2D eigenvalue weighted by Gasteiger charge is 2.40. The van der Waals surface area contributed by atoms with Gasteiger partial charge < -0.3 is 4.74 Å². The summed E-state index contributed by atoms with van der Waals surface area (Å²) in [7, 11) is 1.68. The highest BCUT2D eigenvalue weighted by Crippen LogP contribution is 2.44. The summed E-state index contributed by atoms with van der Waals surface area (Å²) in [4.78, 5) is 19.7. The number of amides is 1. The van der Waals surface area contributed by atoms with Gasteiger partial charge in [-0.15, -0.1) is 0 Å². The molecule has 30 heavy (non-hydrogen) atoms. The average Bonchev–Trinajstić information content (AvgIpc) is 3.22. The second-order valence-corrected chi connectivity index (χ2v) is 8.29. The van der Waals surface area contributed by atoms with Gasteiger partial charge in [-0.25, -0.2) is 4.68 Å². The molecule has 1 aliphatic heterocycles. The first kappa shape index (κ1) is 20.1. The number of anilines is 1. The number of carbonyl (C=O) groups is 1. The lowest BCUT2D eigenvalue weighted by Gasteiger charge is -2.39. The topological polar surface area (TPSA) is 60.2 Å². The van der Waals surface area contributed by atoms with Crippen LogP contribution in [0.5, 0.6) is 5.75 Å². The summed E-state index contributed by atoms with van der Waals surface area (Å²) in [5.74, 6) is 1.74. The van der Waals surface area contributed by atoms with E-state index in [2.05, 4.69) is 61.2 Å². The number of methoxy groups -OCH3 is 1. The molecule has 2 aromatic carbocycles. The van der Waals surface area contributed by atoms with E-state index in [1.807, 2.05) is 27.8 Å². The normalized spacial score (nSPS) is 18.4. The van der Waals surface area contributed by atoms with Crippen molar-refractivity contribution in [2.24, 2.45) is 5.92 Å². The quantitative estimate of drug-likeness (QED) is 0.618. The number of aryl methyl sites for hydroxylation is 1. The molecule has 1 aliphatic rings. The molecule has 2 heterocycles. The van der Waals surface area contributed by atoms with Crippen LogP contribution in [0.15, 0.2) is 54.9 Å². The number of para-hydroxylation sites is 1. The van der Waals surface area contributed by atoms with Crippen LogP contribution < -0.4 is 9.64 Å². The van der Waals surface area contributed by atoms with E-state index in [9.17, 15) is 4.79 Å². The first-order valence-corrected chi connectivity index (χ1v) is 10.4. The van der Waals surface area contributed by atoms with E-state index in [-0.39, 0.29) is 23.9 Å². The number of ether oxygens (including phenoxy) is 1. The van der Waals surface area contributed by atoms with Crippen LogP contribution in [0, 0.1) is 12.8 Å². The molecule has 3 aromatic rings.